The van der Waals surface area contributed by atoms with Gasteiger partial charge in [-0.15, -0.1) is 0 Å². The average Bonchev–Trinajstić information content (AvgIpc) is 2.05. The monoisotopic (exact) mass is 153 g/mol. The first-order chi connectivity index (χ1) is 5.26. The SMILES string of the molecule is C=C/C(=C\C=NC)C(=O)NN. The Labute approximate surface area is 65.5 Å². The quantitative estimate of drug-likeness (QED) is 0.147. The molecule has 0 radical (unpaired) electrons. The van der Waals surface area contributed by atoms with E-state index in [9.17, 15) is 4.79 Å². The van der Waals surface area contributed by atoms with Crippen LogP contribution in [0.25, 0.3) is 0 Å². The zero-order chi connectivity index (χ0) is 8.69. The Balaban J connectivity index is 4.38. The molecular formula is C7H11N3O. The van der Waals surface area contributed by atoms with Gasteiger partial charge in [-0.1, -0.05) is 12.7 Å². The smallest absolute Gasteiger partial charge is 0.265 e. The molecule has 0 atom stereocenters. The third-order valence-electron chi connectivity index (χ3n) is 1.02. The summed E-state index contributed by atoms with van der Waals surface area (Å²) in [5.41, 5.74) is 2.37. The summed E-state index contributed by atoms with van der Waals surface area (Å²) in [4.78, 5) is 14.5. The molecule has 0 aliphatic carbocycles. The van der Waals surface area contributed by atoms with E-state index in [0.29, 0.717) is 5.57 Å². The fourth-order valence-corrected chi connectivity index (χ4v) is 0.475. The fourth-order valence-electron chi connectivity index (χ4n) is 0.475. The number of hydrogen-bond donors (Lipinski definition) is 2. The summed E-state index contributed by atoms with van der Waals surface area (Å²) in [6, 6.07) is 0. The van der Waals surface area contributed by atoms with Gasteiger partial charge < -0.3 is 0 Å². The molecule has 3 N–H and O–H groups in total. The topological polar surface area (TPSA) is 67.5 Å². The van der Waals surface area contributed by atoms with E-state index in [-0.39, 0.29) is 5.91 Å². The first-order valence-electron chi connectivity index (χ1n) is 3.02. The number of rotatable bonds is 3. The summed E-state index contributed by atoms with van der Waals surface area (Å²) in [5, 5.41) is 0. The number of carbonyl (C=O) groups is 1. The minimum atomic E-state index is -0.375. The molecule has 0 rings (SSSR count). The number of carbonyl (C=O) groups excluding carboxylic acids is 1. The summed E-state index contributed by atoms with van der Waals surface area (Å²) in [6.45, 7) is 3.44. The predicted octanol–water partition coefficient (Wildman–Crippen LogP) is -0.211. The molecule has 0 bridgehead atoms. The molecule has 0 aliphatic heterocycles. The van der Waals surface area contributed by atoms with Crippen molar-refractivity contribution in [3.05, 3.63) is 24.3 Å². The average molecular weight is 153 g/mol. The predicted molar refractivity (Wildman–Crippen MR) is 45.0 cm³/mol. The van der Waals surface area contributed by atoms with Crippen LogP contribution in [0.15, 0.2) is 29.3 Å². The third-order valence-corrected chi connectivity index (χ3v) is 1.02. The molecule has 0 fully saturated rings. The molecule has 0 heterocycles. The van der Waals surface area contributed by atoms with E-state index in [2.05, 4.69) is 11.6 Å². The fraction of sp³-hybridized carbons (Fsp3) is 0.143. The Morgan fingerprint density at radius 3 is 2.73 bits per heavy atom. The Morgan fingerprint density at radius 1 is 1.73 bits per heavy atom. The standard InChI is InChI=1S/C7H11N3O/c1-3-6(4-5-9-2)7(11)10-8/h3-5H,1,8H2,2H3,(H,10,11)/b6-4+,9-5?. The molecule has 0 unspecified atom stereocenters. The van der Waals surface area contributed by atoms with Crippen molar-refractivity contribution < 1.29 is 4.79 Å². The molecule has 0 aromatic heterocycles. The second kappa shape index (κ2) is 5.37. The van der Waals surface area contributed by atoms with E-state index in [1.54, 1.807) is 7.05 Å². The summed E-state index contributed by atoms with van der Waals surface area (Å²) < 4.78 is 0. The van der Waals surface area contributed by atoms with Crippen molar-refractivity contribution in [1.82, 2.24) is 5.43 Å². The van der Waals surface area contributed by atoms with Crippen molar-refractivity contribution in [3.63, 3.8) is 0 Å². The number of hydrazine groups is 1. The molecule has 0 aliphatic rings. The number of nitrogens with one attached hydrogen (secondary N) is 1. The molecule has 0 spiro atoms. The van der Waals surface area contributed by atoms with E-state index >= 15 is 0 Å². The molecule has 11 heavy (non-hydrogen) atoms. The van der Waals surface area contributed by atoms with Gasteiger partial charge in [0.15, 0.2) is 0 Å². The van der Waals surface area contributed by atoms with E-state index in [1.807, 2.05) is 5.43 Å². The van der Waals surface area contributed by atoms with Crippen molar-refractivity contribution in [2.24, 2.45) is 10.8 Å². The zero-order valence-electron chi connectivity index (χ0n) is 6.37. The molecule has 0 aromatic carbocycles. The summed E-state index contributed by atoms with van der Waals surface area (Å²) in [7, 11) is 1.61. The molecule has 0 aromatic rings. The van der Waals surface area contributed by atoms with Gasteiger partial charge in [0.25, 0.3) is 5.91 Å². The molecule has 60 valence electrons. The van der Waals surface area contributed by atoms with Crippen LogP contribution in [0.2, 0.25) is 0 Å². The maximum atomic E-state index is 10.8. The van der Waals surface area contributed by atoms with Crippen molar-refractivity contribution in [2.75, 3.05) is 7.05 Å². The summed E-state index contributed by atoms with van der Waals surface area (Å²) >= 11 is 0. The van der Waals surface area contributed by atoms with Gasteiger partial charge in [0.2, 0.25) is 0 Å². The second-order valence-corrected chi connectivity index (χ2v) is 1.71. The van der Waals surface area contributed by atoms with Crippen LogP contribution in [0, 0.1) is 0 Å². The van der Waals surface area contributed by atoms with Gasteiger partial charge >= 0.3 is 0 Å². The van der Waals surface area contributed by atoms with Crippen LogP contribution < -0.4 is 11.3 Å². The highest BCUT2D eigenvalue weighted by molar-refractivity contribution is 5.99. The molecule has 1 amide bonds. The highest BCUT2D eigenvalue weighted by atomic mass is 16.2. The van der Waals surface area contributed by atoms with Crippen molar-refractivity contribution in [3.8, 4) is 0 Å². The Kier molecular flexibility index (Phi) is 4.68. The van der Waals surface area contributed by atoms with Gasteiger partial charge in [-0.25, -0.2) is 5.84 Å². The number of nitrogens with two attached hydrogens (primary N) is 1. The van der Waals surface area contributed by atoms with Crippen LogP contribution in [-0.2, 0) is 4.79 Å². The zero-order valence-corrected chi connectivity index (χ0v) is 6.37. The number of allylic oxidation sites excluding steroid dienone is 1. The minimum Gasteiger partial charge on any atom is -0.296 e. The molecule has 4 nitrogen and oxygen atoms in total. The van der Waals surface area contributed by atoms with Crippen LogP contribution in [0.1, 0.15) is 0 Å². The largest absolute Gasteiger partial charge is 0.296 e. The first-order valence-corrected chi connectivity index (χ1v) is 3.02. The molecule has 4 heteroatoms. The number of aliphatic imine (C=N–C) groups is 1. The minimum absolute atomic E-state index is 0.375. The molecule has 0 saturated carbocycles. The molecular weight excluding hydrogens is 142 g/mol. The van der Waals surface area contributed by atoms with E-state index in [4.69, 9.17) is 5.84 Å². The van der Waals surface area contributed by atoms with Crippen molar-refractivity contribution >= 4 is 12.1 Å². The van der Waals surface area contributed by atoms with E-state index in [1.165, 1.54) is 18.4 Å². The van der Waals surface area contributed by atoms with Gasteiger partial charge in [0.05, 0.1) is 0 Å². The van der Waals surface area contributed by atoms with Gasteiger partial charge in [-0.05, 0) is 6.08 Å². The second-order valence-electron chi connectivity index (χ2n) is 1.71. The normalized spacial score (nSPS) is 11.6. The first kappa shape index (κ1) is 9.58. The van der Waals surface area contributed by atoms with Gasteiger partial charge in [-0.2, -0.15) is 0 Å². The van der Waals surface area contributed by atoms with E-state index < -0.39 is 0 Å². The Hall–Kier alpha value is -1.42. The van der Waals surface area contributed by atoms with Gasteiger partial charge in [0, 0.05) is 18.8 Å². The highest BCUT2D eigenvalue weighted by Gasteiger charge is 1.99. The maximum Gasteiger partial charge on any atom is 0.265 e. The van der Waals surface area contributed by atoms with Crippen LogP contribution in [-0.4, -0.2) is 19.2 Å². The van der Waals surface area contributed by atoms with Crippen molar-refractivity contribution in [1.29, 1.82) is 0 Å². The maximum absolute atomic E-state index is 10.8. The number of amides is 1. The lowest BCUT2D eigenvalue weighted by Gasteiger charge is -1.96. The van der Waals surface area contributed by atoms with Crippen molar-refractivity contribution in [2.45, 2.75) is 0 Å². The van der Waals surface area contributed by atoms with Gasteiger partial charge in [-0.3, -0.25) is 15.2 Å². The summed E-state index contributed by atoms with van der Waals surface area (Å²) in [6.07, 6.45) is 4.42. The van der Waals surface area contributed by atoms with Crippen LogP contribution in [0.4, 0.5) is 0 Å². The summed E-state index contributed by atoms with van der Waals surface area (Å²) in [5.74, 6) is 4.51. The Morgan fingerprint density at radius 2 is 2.36 bits per heavy atom. The lowest BCUT2D eigenvalue weighted by molar-refractivity contribution is -0.117. The number of hydrogen-bond acceptors (Lipinski definition) is 3. The van der Waals surface area contributed by atoms with Crippen LogP contribution in [0.3, 0.4) is 0 Å². The van der Waals surface area contributed by atoms with Crippen LogP contribution >= 0.6 is 0 Å². The third kappa shape index (κ3) is 3.32. The van der Waals surface area contributed by atoms with E-state index in [0.717, 1.165) is 0 Å². The Bertz CT molecular complexity index is 206. The van der Waals surface area contributed by atoms with Gasteiger partial charge in [0.1, 0.15) is 0 Å². The lowest BCUT2D eigenvalue weighted by atomic mass is 10.2. The lowest BCUT2D eigenvalue weighted by Crippen LogP contribution is -2.30. The highest BCUT2D eigenvalue weighted by Crippen LogP contribution is 1.92. The van der Waals surface area contributed by atoms with Crippen LogP contribution in [0.5, 0.6) is 0 Å². The number of nitrogens with zero attached hydrogens (tertiary/aromatic N) is 1. The molecule has 0 saturated heterocycles.